The second-order valence-corrected chi connectivity index (χ2v) is 6.63. The molecule has 142 valence electrons. The molecule has 2 heterocycles. The zero-order valence-electron chi connectivity index (χ0n) is 14.5. The summed E-state index contributed by atoms with van der Waals surface area (Å²) >= 11 is 6.26. The maximum absolute atomic E-state index is 12.9. The molecule has 8 heteroatoms. The Hall–Kier alpha value is -3.32. The summed E-state index contributed by atoms with van der Waals surface area (Å²) in [5.74, 6) is -1.70. The van der Waals surface area contributed by atoms with Crippen molar-refractivity contribution in [1.82, 2.24) is 4.90 Å². The van der Waals surface area contributed by atoms with E-state index >= 15 is 0 Å². The molecule has 0 aromatic heterocycles. The van der Waals surface area contributed by atoms with Crippen LogP contribution in [0.3, 0.4) is 0 Å². The average molecular weight is 400 g/mol. The van der Waals surface area contributed by atoms with Gasteiger partial charge >= 0.3 is 5.97 Å². The highest BCUT2D eigenvalue weighted by Gasteiger charge is 2.35. The first kappa shape index (κ1) is 18.1. The van der Waals surface area contributed by atoms with Crippen LogP contribution in [-0.2, 0) is 9.59 Å². The number of fused-ring (bicyclic) bond motifs is 2. The molecule has 0 saturated heterocycles. The molecule has 4 rings (SSSR count). The number of imide groups is 1. The van der Waals surface area contributed by atoms with E-state index in [1.54, 1.807) is 42.5 Å². The van der Waals surface area contributed by atoms with Gasteiger partial charge in [0.15, 0.2) is 11.5 Å². The average Bonchev–Trinajstić information content (AvgIpc) is 2.68. The van der Waals surface area contributed by atoms with Crippen LogP contribution < -0.4 is 9.47 Å². The third-order valence-corrected chi connectivity index (χ3v) is 4.67. The fourth-order valence-electron chi connectivity index (χ4n) is 3.20. The van der Waals surface area contributed by atoms with Gasteiger partial charge in [0.05, 0.1) is 5.02 Å². The number of ether oxygens (including phenoxy) is 2. The smallest absolute Gasteiger partial charge is 0.323 e. The number of aliphatic carboxylic acids is 1. The minimum atomic E-state index is -1.28. The number of carboxylic acids is 1. The zero-order chi connectivity index (χ0) is 19.8. The van der Waals surface area contributed by atoms with Crippen LogP contribution in [0.4, 0.5) is 0 Å². The molecule has 1 N–H and O–H groups in total. The Labute approximate surface area is 164 Å². The number of halogens is 1. The largest absolute Gasteiger partial charge is 0.486 e. The second-order valence-electron chi connectivity index (χ2n) is 6.22. The predicted octanol–water partition coefficient (Wildman–Crippen LogP) is 2.72. The molecule has 2 aromatic carbocycles. The number of carbonyl (C=O) groups excluding carboxylic acids is 2. The van der Waals surface area contributed by atoms with E-state index in [-0.39, 0.29) is 11.1 Å². The van der Waals surface area contributed by atoms with Crippen LogP contribution in [0.15, 0.2) is 36.4 Å². The Morgan fingerprint density at radius 3 is 2.57 bits per heavy atom. The summed E-state index contributed by atoms with van der Waals surface area (Å²) in [6.07, 6.45) is 1.56. The lowest BCUT2D eigenvalue weighted by Crippen LogP contribution is -2.44. The Balaban J connectivity index is 1.84. The number of hydrogen-bond donors (Lipinski definition) is 1. The highest BCUT2D eigenvalue weighted by Crippen LogP contribution is 2.40. The standard InChI is InChI=1S/C20H14ClNO6/c21-15-8-11(9-16-18(15)28-6-5-27-16)7-14-12-3-1-2-4-13(12)19(25)22(20(14)26)10-17(23)24/h1-4,7-9H,5-6,10H2,(H,23,24). The first-order valence-corrected chi connectivity index (χ1v) is 8.81. The van der Waals surface area contributed by atoms with Crippen molar-refractivity contribution in [2.24, 2.45) is 0 Å². The Morgan fingerprint density at radius 1 is 1.11 bits per heavy atom. The lowest BCUT2D eigenvalue weighted by molar-refractivity contribution is -0.141. The lowest BCUT2D eigenvalue weighted by Gasteiger charge is -2.27. The van der Waals surface area contributed by atoms with Gasteiger partial charge in [-0.05, 0) is 35.4 Å². The summed E-state index contributed by atoms with van der Waals surface area (Å²) in [6, 6.07) is 9.87. The quantitative estimate of drug-likeness (QED) is 0.630. The monoisotopic (exact) mass is 399 g/mol. The minimum Gasteiger partial charge on any atom is -0.486 e. The maximum Gasteiger partial charge on any atom is 0.323 e. The van der Waals surface area contributed by atoms with Crippen molar-refractivity contribution >= 4 is 41.0 Å². The van der Waals surface area contributed by atoms with Gasteiger partial charge in [-0.3, -0.25) is 19.3 Å². The van der Waals surface area contributed by atoms with Crippen LogP contribution in [0.2, 0.25) is 5.02 Å². The summed E-state index contributed by atoms with van der Waals surface area (Å²) in [5, 5.41) is 9.41. The van der Waals surface area contributed by atoms with Crippen molar-refractivity contribution in [3.05, 3.63) is 58.1 Å². The van der Waals surface area contributed by atoms with Gasteiger partial charge < -0.3 is 14.6 Å². The predicted molar refractivity (Wildman–Crippen MR) is 100 cm³/mol. The third kappa shape index (κ3) is 3.10. The number of hydrogen-bond acceptors (Lipinski definition) is 5. The number of benzene rings is 2. The van der Waals surface area contributed by atoms with Gasteiger partial charge in [-0.1, -0.05) is 29.8 Å². The molecule has 2 aromatic rings. The summed E-state index contributed by atoms with van der Waals surface area (Å²) in [5.41, 5.74) is 1.46. The first-order valence-electron chi connectivity index (χ1n) is 8.44. The van der Waals surface area contributed by atoms with Crippen molar-refractivity contribution < 1.29 is 29.0 Å². The van der Waals surface area contributed by atoms with Crippen molar-refractivity contribution in [2.45, 2.75) is 0 Å². The van der Waals surface area contributed by atoms with E-state index in [1.165, 1.54) is 0 Å². The molecule has 2 aliphatic rings. The van der Waals surface area contributed by atoms with E-state index in [0.29, 0.717) is 40.9 Å². The Morgan fingerprint density at radius 2 is 1.82 bits per heavy atom. The van der Waals surface area contributed by atoms with E-state index in [2.05, 4.69) is 0 Å². The third-order valence-electron chi connectivity index (χ3n) is 4.39. The highest BCUT2D eigenvalue weighted by atomic mass is 35.5. The molecule has 0 aliphatic carbocycles. The van der Waals surface area contributed by atoms with Gasteiger partial charge in [0, 0.05) is 11.1 Å². The molecule has 0 atom stereocenters. The van der Waals surface area contributed by atoms with Gasteiger partial charge in [-0.25, -0.2) is 0 Å². The van der Waals surface area contributed by atoms with Crippen molar-refractivity contribution in [3.63, 3.8) is 0 Å². The Bertz CT molecular complexity index is 1040. The number of carbonyl (C=O) groups is 3. The van der Waals surface area contributed by atoms with E-state index in [1.807, 2.05) is 0 Å². The molecular weight excluding hydrogens is 386 g/mol. The zero-order valence-corrected chi connectivity index (χ0v) is 15.2. The Kier molecular flexibility index (Phi) is 4.52. The van der Waals surface area contributed by atoms with Gasteiger partial charge in [0.1, 0.15) is 19.8 Å². The van der Waals surface area contributed by atoms with Crippen LogP contribution in [0.25, 0.3) is 11.6 Å². The molecule has 0 spiro atoms. The second kappa shape index (κ2) is 7.01. The van der Waals surface area contributed by atoms with Gasteiger partial charge in [0.25, 0.3) is 11.8 Å². The van der Waals surface area contributed by atoms with Crippen molar-refractivity contribution in [1.29, 1.82) is 0 Å². The summed E-state index contributed by atoms with van der Waals surface area (Å²) in [6.45, 7) is 0.0581. The van der Waals surface area contributed by atoms with E-state index < -0.39 is 24.3 Å². The molecular formula is C20H14ClNO6. The fraction of sp³-hybridized carbons (Fsp3) is 0.150. The summed E-state index contributed by atoms with van der Waals surface area (Å²) in [7, 11) is 0. The van der Waals surface area contributed by atoms with Crippen LogP contribution >= 0.6 is 11.6 Å². The van der Waals surface area contributed by atoms with Crippen LogP contribution in [0.5, 0.6) is 11.5 Å². The molecule has 7 nitrogen and oxygen atoms in total. The first-order chi connectivity index (χ1) is 13.5. The minimum absolute atomic E-state index is 0.198. The van der Waals surface area contributed by atoms with Crippen LogP contribution in [0.1, 0.15) is 21.5 Å². The van der Waals surface area contributed by atoms with Crippen molar-refractivity contribution in [3.8, 4) is 11.5 Å². The number of nitrogens with zero attached hydrogens (tertiary/aromatic N) is 1. The summed E-state index contributed by atoms with van der Waals surface area (Å²) < 4.78 is 11.0. The van der Waals surface area contributed by atoms with Gasteiger partial charge in [0.2, 0.25) is 0 Å². The highest BCUT2D eigenvalue weighted by molar-refractivity contribution is 6.35. The molecule has 0 unspecified atom stereocenters. The van der Waals surface area contributed by atoms with E-state index in [0.717, 1.165) is 4.90 Å². The fourth-order valence-corrected chi connectivity index (χ4v) is 3.48. The molecule has 28 heavy (non-hydrogen) atoms. The number of carboxylic acid groups (broad SMARTS) is 1. The lowest BCUT2D eigenvalue weighted by atomic mass is 9.92. The van der Waals surface area contributed by atoms with Crippen LogP contribution in [0, 0.1) is 0 Å². The van der Waals surface area contributed by atoms with Gasteiger partial charge in [-0.2, -0.15) is 0 Å². The maximum atomic E-state index is 12.9. The normalized spacial score (nSPS) is 16.9. The topological polar surface area (TPSA) is 93.1 Å². The van der Waals surface area contributed by atoms with Crippen LogP contribution in [-0.4, -0.2) is 47.5 Å². The van der Waals surface area contributed by atoms with E-state index in [9.17, 15) is 14.4 Å². The number of amides is 2. The molecule has 0 saturated carbocycles. The summed E-state index contributed by atoms with van der Waals surface area (Å²) in [4.78, 5) is 37.3. The van der Waals surface area contributed by atoms with Crippen molar-refractivity contribution in [2.75, 3.05) is 19.8 Å². The molecule has 2 amide bonds. The number of rotatable bonds is 3. The molecule has 2 aliphatic heterocycles. The van der Waals surface area contributed by atoms with Gasteiger partial charge in [-0.15, -0.1) is 0 Å². The SMILES string of the molecule is O=C(O)CN1C(=O)C(=Cc2cc(Cl)c3c(c2)OCCO3)c2ccccc2C1=O. The van der Waals surface area contributed by atoms with E-state index in [4.69, 9.17) is 26.2 Å². The molecule has 0 radical (unpaired) electrons. The molecule has 0 bridgehead atoms. The molecule has 0 fully saturated rings.